The van der Waals surface area contributed by atoms with Gasteiger partial charge >= 0.3 is 0 Å². The molecule has 0 saturated heterocycles. The fraction of sp³-hybridized carbons (Fsp3) is 0.208. The molecule has 4 rings (SSSR count). The highest BCUT2D eigenvalue weighted by Gasteiger charge is 2.13. The van der Waals surface area contributed by atoms with Crippen LogP contribution in [0.25, 0.3) is 22.3 Å². The van der Waals surface area contributed by atoms with Crippen LogP contribution < -0.4 is 5.32 Å². The third-order valence-corrected chi connectivity index (χ3v) is 6.03. The zero-order chi connectivity index (χ0) is 22.0. The van der Waals surface area contributed by atoms with Gasteiger partial charge in [-0.1, -0.05) is 19.1 Å². The van der Waals surface area contributed by atoms with Crippen LogP contribution in [0.15, 0.2) is 53.7 Å². The molecule has 1 N–H and O–H groups in total. The first kappa shape index (κ1) is 20.6. The maximum atomic E-state index is 12.7. The van der Waals surface area contributed by atoms with Crippen LogP contribution in [0.4, 0.5) is 5.69 Å². The predicted octanol–water partition coefficient (Wildman–Crippen LogP) is 5.44. The number of imidazole rings is 1. The van der Waals surface area contributed by atoms with Crippen molar-refractivity contribution in [2.45, 2.75) is 33.7 Å². The molecule has 3 aromatic heterocycles. The van der Waals surface area contributed by atoms with Crippen molar-refractivity contribution in [2.75, 3.05) is 5.32 Å². The molecule has 7 heteroatoms. The first-order valence-corrected chi connectivity index (χ1v) is 11.0. The van der Waals surface area contributed by atoms with E-state index in [0.717, 1.165) is 46.1 Å². The Labute approximate surface area is 185 Å². The molecule has 0 unspecified atom stereocenters. The number of rotatable bonds is 6. The van der Waals surface area contributed by atoms with Crippen molar-refractivity contribution in [3.8, 4) is 17.3 Å². The number of nitrogens with one attached hydrogen (secondary N) is 1. The average Bonchev–Trinajstić information content (AvgIpc) is 3.43. The van der Waals surface area contributed by atoms with Crippen LogP contribution in [0.2, 0.25) is 0 Å². The lowest BCUT2D eigenvalue weighted by Gasteiger charge is -2.07. The minimum absolute atomic E-state index is 0.0789. The van der Waals surface area contributed by atoms with Gasteiger partial charge < -0.3 is 9.88 Å². The van der Waals surface area contributed by atoms with Crippen LogP contribution in [0, 0.1) is 25.2 Å². The molecular formula is C24H23N5OS. The summed E-state index contributed by atoms with van der Waals surface area (Å²) in [6.45, 7) is 7.10. The van der Waals surface area contributed by atoms with E-state index in [-0.39, 0.29) is 5.57 Å². The maximum Gasteiger partial charge on any atom is 0.266 e. The molecule has 0 aliphatic heterocycles. The van der Waals surface area contributed by atoms with Gasteiger partial charge in [0.1, 0.15) is 11.6 Å². The fourth-order valence-electron chi connectivity index (χ4n) is 3.63. The summed E-state index contributed by atoms with van der Waals surface area (Å²) in [5.74, 6) is -0.418. The van der Waals surface area contributed by atoms with Gasteiger partial charge in [-0.15, -0.1) is 11.3 Å². The van der Waals surface area contributed by atoms with Crippen LogP contribution in [0.3, 0.4) is 0 Å². The summed E-state index contributed by atoms with van der Waals surface area (Å²) in [5.41, 5.74) is 5.63. The lowest BCUT2D eigenvalue weighted by Crippen LogP contribution is -2.13. The molecule has 1 aromatic carbocycles. The lowest BCUT2D eigenvalue weighted by molar-refractivity contribution is -0.112. The number of nitrogens with zero attached hydrogens (tertiary/aromatic N) is 4. The van der Waals surface area contributed by atoms with Gasteiger partial charge in [0.15, 0.2) is 4.96 Å². The summed E-state index contributed by atoms with van der Waals surface area (Å²) in [6, 6.07) is 11.5. The van der Waals surface area contributed by atoms with Gasteiger partial charge in [0, 0.05) is 47.0 Å². The summed E-state index contributed by atoms with van der Waals surface area (Å²) < 4.78 is 4.19. The van der Waals surface area contributed by atoms with Gasteiger partial charge in [-0.05, 0) is 50.1 Å². The summed E-state index contributed by atoms with van der Waals surface area (Å²) in [7, 11) is 0. The molecule has 0 saturated carbocycles. The molecule has 0 aliphatic carbocycles. The Morgan fingerprint density at radius 1 is 1.29 bits per heavy atom. The average molecular weight is 430 g/mol. The largest absolute Gasteiger partial charge is 0.349 e. The summed E-state index contributed by atoms with van der Waals surface area (Å²) in [6.07, 6.45) is 6.64. The molecule has 4 aromatic rings. The van der Waals surface area contributed by atoms with E-state index in [1.165, 1.54) is 0 Å². The van der Waals surface area contributed by atoms with E-state index in [4.69, 9.17) is 0 Å². The molecule has 0 spiro atoms. The topological polar surface area (TPSA) is 75.1 Å². The molecule has 0 aliphatic rings. The zero-order valence-corrected chi connectivity index (χ0v) is 18.5. The number of aromatic nitrogens is 3. The SMILES string of the molecule is CCCn1c(C)cc(/C=C(\C#N)C(=O)Nc2ccc(-c3cn4ccsc4n3)cc2)c1C. The molecule has 0 bridgehead atoms. The molecule has 156 valence electrons. The molecular weight excluding hydrogens is 406 g/mol. The van der Waals surface area contributed by atoms with Gasteiger partial charge in [-0.2, -0.15) is 5.26 Å². The Bertz CT molecular complexity index is 1290. The van der Waals surface area contributed by atoms with Gasteiger partial charge in [-0.3, -0.25) is 9.20 Å². The van der Waals surface area contributed by atoms with Crippen LogP contribution in [0.5, 0.6) is 0 Å². The van der Waals surface area contributed by atoms with E-state index in [9.17, 15) is 10.1 Å². The number of benzene rings is 1. The van der Waals surface area contributed by atoms with E-state index in [2.05, 4.69) is 21.8 Å². The van der Waals surface area contributed by atoms with Crippen molar-refractivity contribution < 1.29 is 4.79 Å². The number of hydrogen-bond donors (Lipinski definition) is 1. The standard InChI is InChI=1S/C24H23N5OS/c1-4-9-29-16(2)12-19(17(29)3)13-20(14-25)23(30)26-21-7-5-18(6-8-21)22-15-28-10-11-31-24(28)27-22/h5-8,10-13,15H,4,9H2,1-3H3,(H,26,30)/b20-13+. The molecule has 6 nitrogen and oxygen atoms in total. The van der Waals surface area contributed by atoms with Crippen molar-refractivity contribution in [2.24, 2.45) is 0 Å². The predicted molar refractivity (Wildman–Crippen MR) is 125 cm³/mol. The van der Waals surface area contributed by atoms with Crippen LogP contribution in [0.1, 0.15) is 30.3 Å². The molecule has 0 radical (unpaired) electrons. The Hall–Kier alpha value is -3.63. The zero-order valence-electron chi connectivity index (χ0n) is 17.7. The second-order valence-electron chi connectivity index (χ2n) is 7.40. The van der Waals surface area contributed by atoms with E-state index in [1.807, 2.05) is 72.4 Å². The van der Waals surface area contributed by atoms with Crippen molar-refractivity contribution >= 4 is 34.0 Å². The number of fused-ring (bicyclic) bond motifs is 1. The van der Waals surface area contributed by atoms with E-state index < -0.39 is 5.91 Å². The number of aryl methyl sites for hydroxylation is 1. The van der Waals surface area contributed by atoms with Crippen molar-refractivity contribution in [1.29, 1.82) is 5.26 Å². The summed E-state index contributed by atoms with van der Waals surface area (Å²) >= 11 is 1.58. The number of nitriles is 1. The van der Waals surface area contributed by atoms with Crippen LogP contribution in [-0.2, 0) is 11.3 Å². The Kier molecular flexibility index (Phi) is 5.74. The number of hydrogen-bond acceptors (Lipinski definition) is 4. The smallest absolute Gasteiger partial charge is 0.266 e. The van der Waals surface area contributed by atoms with Gasteiger partial charge in [0.25, 0.3) is 5.91 Å². The number of thiazole rings is 1. The molecule has 3 heterocycles. The normalized spacial score (nSPS) is 11.6. The number of amides is 1. The Balaban J connectivity index is 1.51. The van der Waals surface area contributed by atoms with Gasteiger partial charge in [0.05, 0.1) is 5.69 Å². The third kappa shape index (κ3) is 4.16. The van der Waals surface area contributed by atoms with Crippen LogP contribution in [-0.4, -0.2) is 19.9 Å². The van der Waals surface area contributed by atoms with E-state index in [1.54, 1.807) is 17.4 Å². The highest BCUT2D eigenvalue weighted by atomic mass is 32.1. The second-order valence-corrected chi connectivity index (χ2v) is 8.27. The first-order valence-electron chi connectivity index (χ1n) is 10.1. The highest BCUT2D eigenvalue weighted by Crippen LogP contribution is 2.24. The summed E-state index contributed by atoms with van der Waals surface area (Å²) in [5, 5.41) is 14.4. The minimum atomic E-state index is -0.418. The Morgan fingerprint density at radius 2 is 2.06 bits per heavy atom. The van der Waals surface area contributed by atoms with Gasteiger partial charge in [-0.25, -0.2) is 4.98 Å². The van der Waals surface area contributed by atoms with Gasteiger partial charge in [0.2, 0.25) is 0 Å². The molecule has 31 heavy (non-hydrogen) atoms. The van der Waals surface area contributed by atoms with E-state index >= 15 is 0 Å². The number of carbonyl (C=O) groups is 1. The Morgan fingerprint density at radius 3 is 2.74 bits per heavy atom. The fourth-order valence-corrected chi connectivity index (χ4v) is 4.33. The van der Waals surface area contributed by atoms with Crippen molar-refractivity contribution in [3.63, 3.8) is 0 Å². The van der Waals surface area contributed by atoms with E-state index in [0.29, 0.717) is 5.69 Å². The maximum absolute atomic E-state index is 12.7. The minimum Gasteiger partial charge on any atom is -0.349 e. The van der Waals surface area contributed by atoms with Crippen LogP contribution >= 0.6 is 11.3 Å². The first-order chi connectivity index (χ1) is 15.0. The third-order valence-electron chi connectivity index (χ3n) is 5.26. The molecule has 1 amide bonds. The van der Waals surface area contributed by atoms with Crippen molar-refractivity contribution in [1.82, 2.24) is 14.0 Å². The van der Waals surface area contributed by atoms with Crippen molar-refractivity contribution in [3.05, 3.63) is 70.6 Å². The quantitative estimate of drug-likeness (QED) is 0.328. The highest BCUT2D eigenvalue weighted by molar-refractivity contribution is 7.15. The second kappa shape index (κ2) is 8.62. The summed E-state index contributed by atoms with van der Waals surface area (Å²) in [4.78, 5) is 18.2. The molecule has 0 atom stereocenters. The number of carbonyl (C=O) groups excluding carboxylic acids is 1. The monoisotopic (exact) mass is 429 g/mol. The molecule has 0 fully saturated rings. The number of anilines is 1. The lowest BCUT2D eigenvalue weighted by atomic mass is 10.1.